The minimum atomic E-state index is 0.124. The van der Waals surface area contributed by atoms with Gasteiger partial charge in [0.05, 0.1) is 0 Å². The van der Waals surface area contributed by atoms with E-state index in [0.717, 1.165) is 23.1 Å². The van der Waals surface area contributed by atoms with E-state index in [2.05, 4.69) is 0 Å². The largest absolute Gasteiger partial charge is 0.508 e. The van der Waals surface area contributed by atoms with E-state index < -0.39 is 0 Å². The number of fused-ring (bicyclic) bond motifs is 3. The molecular weight excluding hydrogens is 188 g/mol. The highest BCUT2D eigenvalue weighted by Crippen LogP contribution is 2.43. The molecule has 0 atom stereocenters. The molecule has 0 spiro atoms. The van der Waals surface area contributed by atoms with Gasteiger partial charge in [-0.15, -0.1) is 0 Å². The smallest absolute Gasteiger partial charge is 0.127 e. The molecule has 0 radical (unpaired) electrons. The third kappa shape index (κ3) is 1.11. The molecule has 3 rings (SSSR count). The summed E-state index contributed by atoms with van der Waals surface area (Å²) in [6, 6.07) is 11.1. The highest BCUT2D eigenvalue weighted by atomic mass is 16.3. The third-order valence-electron chi connectivity index (χ3n) is 2.85. The second-order valence-electron chi connectivity index (χ2n) is 3.83. The van der Waals surface area contributed by atoms with Gasteiger partial charge in [0.2, 0.25) is 0 Å². The van der Waals surface area contributed by atoms with Crippen LogP contribution in [0.5, 0.6) is 11.5 Å². The number of rotatable bonds is 0. The van der Waals surface area contributed by atoms with E-state index in [4.69, 9.17) is 0 Å². The molecule has 0 aromatic heterocycles. The van der Waals surface area contributed by atoms with Crippen LogP contribution in [-0.2, 0) is 6.42 Å². The van der Waals surface area contributed by atoms with Crippen LogP contribution in [0.2, 0.25) is 0 Å². The predicted octanol–water partition coefficient (Wildman–Crippen LogP) is 2.67. The Bertz CT molecular complexity index is 544. The molecule has 0 heterocycles. The van der Waals surface area contributed by atoms with E-state index in [1.165, 1.54) is 11.6 Å². The zero-order valence-electron chi connectivity index (χ0n) is 8.07. The first-order chi connectivity index (χ1) is 7.25. The molecule has 0 saturated carbocycles. The average molecular weight is 198 g/mol. The topological polar surface area (TPSA) is 40.5 Å². The van der Waals surface area contributed by atoms with Crippen molar-refractivity contribution in [3.8, 4) is 22.6 Å². The number of aromatic hydroxyl groups is 2. The maximum atomic E-state index is 9.80. The predicted molar refractivity (Wildman–Crippen MR) is 58.0 cm³/mol. The Balaban J connectivity index is 2.33. The summed E-state index contributed by atoms with van der Waals surface area (Å²) in [6.45, 7) is 0. The molecule has 2 heteroatoms. The Morgan fingerprint density at radius 3 is 2.60 bits per heavy atom. The van der Waals surface area contributed by atoms with Crippen LogP contribution in [0.4, 0.5) is 0 Å². The molecule has 0 bridgehead atoms. The first kappa shape index (κ1) is 8.36. The van der Waals surface area contributed by atoms with Gasteiger partial charge in [0.1, 0.15) is 11.5 Å². The fourth-order valence-corrected chi connectivity index (χ4v) is 2.24. The zero-order valence-corrected chi connectivity index (χ0v) is 8.07. The van der Waals surface area contributed by atoms with Crippen LogP contribution in [-0.4, -0.2) is 10.2 Å². The van der Waals surface area contributed by atoms with E-state index >= 15 is 0 Å². The maximum Gasteiger partial charge on any atom is 0.127 e. The van der Waals surface area contributed by atoms with Crippen LogP contribution in [0, 0.1) is 0 Å². The molecule has 0 saturated heterocycles. The summed E-state index contributed by atoms with van der Waals surface area (Å²) in [7, 11) is 0. The first-order valence-electron chi connectivity index (χ1n) is 4.89. The number of benzene rings is 2. The number of phenolic OH excluding ortho intramolecular Hbond substituents is 2. The zero-order chi connectivity index (χ0) is 10.4. The van der Waals surface area contributed by atoms with Gasteiger partial charge in [-0.25, -0.2) is 0 Å². The van der Waals surface area contributed by atoms with E-state index in [-0.39, 0.29) is 11.5 Å². The van der Waals surface area contributed by atoms with Gasteiger partial charge in [-0.1, -0.05) is 24.3 Å². The monoisotopic (exact) mass is 198 g/mol. The van der Waals surface area contributed by atoms with Crippen molar-refractivity contribution >= 4 is 0 Å². The Kier molecular flexibility index (Phi) is 1.54. The second kappa shape index (κ2) is 2.76. The van der Waals surface area contributed by atoms with Gasteiger partial charge in [-0.3, -0.25) is 0 Å². The van der Waals surface area contributed by atoms with Crippen molar-refractivity contribution in [1.29, 1.82) is 0 Å². The number of hydrogen-bond acceptors (Lipinski definition) is 2. The van der Waals surface area contributed by atoms with Gasteiger partial charge in [0, 0.05) is 11.6 Å². The Labute approximate surface area is 87.4 Å². The SMILES string of the molecule is Oc1cc(O)c2c(c1)Cc1ccccc1-2. The van der Waals surface area contributed by atoms with Crippen molar-refractivity contribution in [1.82, 2.24) is 0 Å². The summed E-state index contributed by atoms with van der Waals surface area (Å²) >= 11 is 0. The van der Waals surface area contributed by atoms with Crippen molar-refractivity contribution in [2.45, 2.75) is 6.42 Å². The van der Waals surface area contributed by atoms with Gasteiger partial charge in [-0.2, -0.15) is 0 Å². The molecule has 2 aromatic rings. The number of phenols is 2. The van der Waals surface area contributed by atoms with Crippen LogP contribution in [0.3, 0.4) is 0 Å². The molecule has 0 amide bonds. The molecule has 1 aliphatic carbocycles. The summed E-state index contributed by atoms with van der Waals surface area (Å²) in [5.41, 5.74) is 4.13. The average Bonchev–Trinajstić information content (AvgIpc) is 2.54. The molecule has 2 N–H and O–H groups in total. The van der Waals surface area contributed by atoms with Crippen molar-refractivity contribution < 1.29 is 10.2 Å². The molecule has 0 fully saturated rings. The van der Waals surface area contributed by atoms with Crippen molar-refractivity contribution in [2.24, 2.45) is 0 Å². The fraction of sp³-hybridized carbons (Fsp3) is 0.0769. The quantitative estimate of drug-likeness (QED) is 0.583. The highest BCUT2D eigenvalue weighted by molar-refractivity contribution is 5.82. The van der Waals surface area contributed by atoms with Gasteiger partial charge < -0.3 is 10.2 Å². The summed E-state index contributed by atoms with van der Waals surface area (Å²) in [5, 5.41) is 19.2. The first-order valence-corrected chi connectivity index (χ1v) is 4.89. The Morgan fingerprint density at radius 1 is 0.933 bits per heavy atom. The molecule has 0 unspecified atom stereocenters. The van der Waals surface area contributed by atoms with Crippen LogP contribution in [0.1, 0.15) is 11.1 Å². The minimum absolute atomic E-state index is 0.124. The maximum absolute atomic E-state index is 9.80. The molecule has 15 heavy (non-hydrogen) atoms. The van der Waals surface area contributed by atoms with Crippen molar-refractivity contribution in [3.63, 3.8) is 0 Å². The van der Waals surface area contributed by atoms with Gasteiger partial charge >= 0.3 is 0 Å². The summed E-state index contributed by atoms with van der Waals surface area (Å²) in [5.74, 6) is 0.286. The molecule has 74 valence electrons. The summed E-state index contributed by atoms with van der Waals surface area (Å²) in [4.78, 5) is 0. The lowest BCUT2D eigenvalue weighted by Crippen LogP contribution is -1.80. The normalized spacial score (nSPS) is 12.3. The second-order valence-corrected chi connectivity index (χ2v) is 3.83. The Hall–Kier alpha value is -1.96. The van der Waals surface area contributed by atoms with Crippen LogP contribution < -0.4 is 0 Å². The standard InChI is InChI=1S/C13H10O2/c14-10-6-9-5-8-3-1-2-4-11(8)13(9)12(15)7-10/h1-4,6-7,14-15H,5H2. The summed E-state index contributed by atoms with van der Waals surface area (Å²) < 4.78 is 0. The third-order valence-corrected chi connectivity index (χ3v) is 2.85. The van der Waals surface area contributed by atoms with Crippen molar-refractivity contribution in [2.75, 3.05) is 0 Å². The lowest BCUT2D eigenvalue weighted by Gasteiger charge is -2.04. The highest BCUT2D eigenvalue weighted by Gasteiger charge is 2.21. The van der Waals surface area contributed by atoms with Gasteiger partial charge in [-0.05, 0) is 29.2 Å². The van der Waals surface area contributed by atoms with E-state index in [0.29, 0.717) is 0 Å². The molecule has 1 aliphatic rings. The Morgan fingerprint density at radius 2 is 1.73 bits per heavy atom. The molecular formula is C13H10O2. The van der Waals surface area contributed by atoms with Gasteiger partial charge in [0.25, 0.3) is 0 Å². The number of hydrogen-bond donors (Lipinski definition) is 2. The molecule has 2 aromatic carbocycles. The fourth-order valence-electron chi connectivity index (χ4n) is 2.24. The lowest BCUT2D eigenvalue weighted by molar-refractivity contribution is 0.451. The van der Waals surface area contributed by atoms with Crippen LogP contribution >= 0.6 is 0 Å². The van der Waals surface area contributed by atoms with E-state index in [1.54, 1.807) is 6.07 Å². The molecule has 0 aliphatic heterocycles. The van der Waals surface area contributed by atoms with Gasteiger partial charge in [0.15, 0.2) is 0 Å². The van der Waals surface area contributed by atoms with Crippen LogP contribution in [0.25, 0.3) is 11.1 Å². The van der Waals surface area contributed by atoms with Crippen LogP contribution in [0.15, 0.2) is 36.4 Å². The molecule has 2 nitrogen and oxygen atoms in total. The van der Waals surface area contributed by atoms with E-state index in [9.17, 15) is 10.2 Å². The summed E-state index contributed by atoms with van der Waals surface area (Å²) in [6.07, 6.45) is 0.785. The lowest BCUT2D eigenvalue weighted by atomic mass is 10.0. The minimum Gasteiger partial charge on any atom is -0.508 e. The van der Waals surface area contributed by atoms with E-state index in [1.807, 2.05) is 24.3 Å². The van der Waals surface area contributed by atoms with Crippen molar-refractivity contribution in [3.05, 3.63) is 47.5 Å².